The first-order chi connectivity index (χ1) is 8.26. The predicted molar refractivity (Wildman–Crippen MR) is 65.5 cm³/mol. The number of nitrogens with two attached hydrogens (primary N) is 1. The summed E-state index contributed by atoms with van der Waals surface area (Å²) < 4.78 is 7.56. The maximum Gasteiger partial charge on any atom is 0.135 e. The Morgan fingerprint density at radius 1 is 1.35 bits per heavy atom. The van der Waals surface area contributed by atoms with Crippen LogP contribution in [0.1, 0.15) is 11.5 Å². The molecule has 0 atom stereocenters. The minimum absolute atomic E-state index is 0.455. The largest absolute Gasteiger partial charge is 0.461 e. The lowest BCUT2D eigenvalue weighted by molar-refractivity contribution is 0.548. The van der Waals surface area contributed by atoms with Gasteiger partial charge in [-0.2, -0.15) is 0 Å². The van der Waals surface area contributed by atoms with Crippen LogP contribution in [0, 0.1) is 6.92 Å². The molecule has 86 valence electrons. The summed E-state index contributed by atoms with van der Waals surface area (Å²) in [5.74, 6) is 1.79. The maximum atomic E-state index is 5.60. The minimum Gasteiger partial charge on any atom is -0.461 e. The van der Waals surface area contributed by atoms with Crippen LogP contribution in [0.5, 0.6) is 0 Å². The van der Waals surface area contributed by atoms with Crippen molar-refractivity contribution in [3.05, 3.63) is 48.2 Å². The molecular formula is C13H13N3O. The average molecular weight is 227 g/mol. The molecular weight excluding hydrogens is 214 g/mol. The average Bonchev–Trinajstić information content (AvgIpc) is 2.93. The van der Waals surface area contributed by atoms with Crippen LogP contribution in [-0.2, 0) is 6.54 Å². The summed E-state index contributed by atoms with van der Waals surface area (Å²) in [6, 6.07) is 7.99. The fourth-order valence-corrected chi connectivity index (χ4v) is 1.89. The molecule has 17 heavy (non-hydrogen) atoms. The smallest absolute Gasteiger partial charge is 0.135 e. The zero-order chi connectivity index (χ0) is 11.8. The summed E-state index contributed by atoms with van der Waals surface area (Å²) in [6.07, 6.45) is 3.78. The molecule has 0 saturated carbocycles. The molecule has 0 spiro atoms. The van der Waals surface area contributed by atoms with Gasteiger partial charge in [-0.15, -0.1) is 0 Å². The first kappa shape index (κ1) is 10.1. The number of aromatic nitrogens is 2. The molecule has 0 bridgehead atoms. The molecule has 0 fully saturated rings. The van der Waals surface area contributed by atoms with Crippen molar-refractivity contribution in [3.8, 4) is 11.3 Å². The van der Waals surface area contributed by atoms with Crippen LogP contribution in [0.25, 0.3) is 16.8 Å². The zero-order valence-corrected chi connectivity index (χ0v) is 9.55. The third-order valence-corrected chi connectivity index (χ3v) is 2.78. The Balaban J connectivity index is 2.13. The number of rotatable bonds is 2. The van der Waals surface area contributed by atoms with Crippen molar-refractivity contribution in [2.24, 2.45) is 5.73 Å². The first-order valence-corrected chi connectivity index (χ1v) is 5.50. The molecule has 0 unspecified atom stereocenters. The Kier molecular flexibility index (Phi) is 2.23. The van der Waals surface area contributed by atoms with E-state index in [1.807, 2.05) is 35.7 Å². The van der Waals surface area contributed by atoms with Crippen molar-refractivity contribution < 1.29 is 4.42 Å². The monoisotopic (exact) mass is 227 g/mol. The Labute approximate surface area is 98.7 Å². The molecule has 0 aliphatic heterocycles. The number of aryl methyl sites for hydroxylation is 1. The second-order valence-electron chi connectivity index (χ2n) is 4.06. The highest BCUT2D eigenvalue weighted by molar-refractivity contribution is 5.66. The minimum atomic E-state index is 0.455. The lowest BCUT2D eigenvalue weighted by Crippen LogP contribution is -2.00. The van der Waals surface area contributed by atoms with Gasteiger partial charge in [0.15, 0.2) is 0 Å². The fraction of sp³-hybridized carbons (Fsp3) is 0.154. The van der Waals surface area contributed by atoms with Crippen LogP contribution in [0.3, 0.4) is 0 Å². The van der Waals surface area contributed by atoms with E-state index in [2.05, 4.69) is 11.1 Å². The SMILES string of the molecule is Cc1ccc(-c2cc3cc(CN)ncn3c2)o1. The molecule has 0 saturated heterocycles. The van der Waals surface area contributed by atoms with Gasteiger partial charge in [-0.1, -0.05) is 0 Å². The van der Waals surface area contributed by atoms with Crippen LogP contribution in [-0.4, -0.2) is 9.38 Å². The van der Waals surface area contributed by atoms with Crippen LogP contribution in [0.2, 0.25) is 0 Å². The van der Waals surface area contributed by atoms with Crippen molar-refractivity contribution in [3.63, 3.8) is 0 Å². The highest BCUT2D eigenvalue weighted by Crippen LogP contribution is 2.24. The van der Waals surface area contributed by atoms with Crippen LogP contribution < -0.4 is 5.73 Å². The van der Waals surface area contributed by atoms with E-state index < -0.39 is 0 Å². The Hall–Kier alpha value is -2.07. The van der Waals surface area contributed by atoms with E-state index >= 15 is 0 Å². The molecule has 3 aromatic heterocycles. The van der Waals surface area contributed by atoms with Gasteiger partial charge in [0.05, 0.1) is 12.0 Å². The topological polar surface area (TPSA) is 56.5 Å². The second kappa shape index (κ2) is 3.75. The number of furan rings is 1. The van der Waals surface area contributed by atoms with Gasteiger partial charge in [0.1, 0.15) is 11.5 Å². The molecule has 4 nitrogen and oxygen atoms in total. The highest BCUT2D eigenvalue weighted by Gasteiger charge is 2.06. The van der Waals surface area contributed by atoms with E-state index in [9.17, 15) is 0 Å². The molecule has 3 rings (SSSR count). The Morgan fingerprint density at radius 2 is 2.24 bits per heavy atom. The summed E-state index contributed by atoms with van der Waals surface area (Å²) in [6.45, 7) is 2.39. The summed E-state index contributed by atoms with van der Waals surface area (Å²) >= 11 is 0. The maximum absolute atomic E-state index is 5.60. The van der Waals surface area contributed by atoms with Crippen molar-refractivity contribution in [1.82, 2.24) is 9.38 Å². The molecule has 0 aliphatic carbocycles. The highest BCUT2D eigenvalue weighted by atomic mass is 16.3. The molecule has 2 N–H and O–H groups in total. The van der Waals surface area contributed by atoms with E-state index in [1.54, 1.807) is 6.33 Å². The van der Waals surface area contributed by atoms with E-state index in [0.29, 0.717) is 6.54 Å². The van der Waals surface area contributed by atoms with Gasteiger partial charge in [0, 0.05) is 23.8 Å². The van der Waals surface area contributed by atoms with Crippen LogP contribution in [0.4, 0.5) is 0 Å². The van der Waals surface area contributed by atoms with Crippen LogP contribution in [0.15, 0.2) is 41.2 Å². The number of nitrogens with zero attached hydrogens (tertiary/aromatic N) is 2. The van der Waals surface area contributed by atoms with Crippen molar-refractivity contribution in [2.45, 2.75) is 13.5 Å². The Bertz CT molecular complexity index is 666. The Morgan fingerprint density at radius 3 is 2.94 bits per heavy atom. The predicted octanol–water partition coefficient (Wildman–Crippen LogP) is 2.36. The van der Waals surface area contributed by atoms with Gasteiger partial charge in [-0.25, -0.2) is 4.98 Å². The van der Waals surface area contributed by atoms with Gasteiger partial charge in [0.25, 0.3) is 0 Å². The number of hydrogen-bond donors (Lipinski definition) is 1. The van der Waals surface area contributed by atoms with Gasteiger partial charge in [0.2, 0.25) is 0 Å². The zero-order valence-electron chi connectivity index (χ0n) is 9.55. The lowest BCUT2D eigenvalue weighted by atomic mass is 10.2. The van der Waals surface area contributed by atoms with Gasteiger partial charge < -0.3 is 14.6 Å². The first-order valence-electron chi connectivity index (χ1n) is 5.50. The van der Waals surface area contributed by atoms with E-state index in [1.165, 1.54) is 0 Å². The third-order valence-electron chi connectivity index (χ3n) is 2.78. The fourth-order valence-electron chi connectivity index (χ4n) is 1.89. The quantitative estimate of drug-likeness (QED) is 0.731. The molecule has 3 aromatic rings. The van der Waals surface area contributed by atoms with E-state index in [4.69, 9.17) is 10.2 Å². The molecule has 3 heterocycles. The van der Waals surface area contributed by atoms with Crippen LogP contribution >= 0.6 is 0 Å². The second-order valence-corrected chi connectivity index (χ2v) is 4.06. The lowest BCUT2D eigenvalue weighted by Gasteiger charge is -1.96. The van der Waals surface area contributed by atoms with Crippen molar-refractivity contribution in [1.29, 1.82) is 0 Å². The summed E-state index contributed by atoms with van der Waals surface area (Å²) in [5, 5.41) is 0. The van der Waals surface area contributed by atoms with E-state index in [-0.39, 0.29) is 0 Å². The normalized spacial score (nSPS) is 11.2. The molecule has 0 aliphatic rings. The van der Waals surface area contributed by atoms with Gasteiger partial charge >= 0.3 is 0 Å². The number of fused-ring (bicyclic) bond motifs is 1. The molecule has 0 aromatic carbocycles. The summed E-state index contributed by atoms with van der Waals surface area (Å²) in [5.41, 5.74) is 8.58. The molecule has 4 heteroatoms. The molecule has 0 radical (unpaired) electrons. The summed E-state index contributed by atoms with van der Waals surface area (Å²) in [7, 11) is 0. The molecule has 0 amide bonds. The van der Waals surface area contributed by atoms with Crippen molar-refractivity contribution in [2.75, 3.05) is 0 Å². The standard InChI is InChI=1S/C13H13N3O/c1-9-2-3-13(17-9)10-4-12-5-11(6-14)15-8-16(12)7-10/h2-5,7-8H,6,14H2,1H3. The third kappa shape index (κ3) is 1.72. The van der Waals surface area contributed by atoms with E-state index in [0.717, 1.165) is 28.3 Å². The van der Waals surface area contributed by atoms with Gasteiger partial charge in [-0.3, -0.25) is 0 Å². The van der Waals surface area contributed by atoms with Gasteiger partial charge in [-0.05, 0) is 31.2 Å². The summed E-state index contributed by atoms with van der Waals surface area (Å²) in [4.78, 5) is 4.24. The number of hydrogen-bond acceptors (Lipinski definition) is 3. The van der Waals surface area contributed by atoms with Crippen molar-refractivity contribution >= 4 is 5.52 Å².